The van der Waals surface area contributed by atoms with Crippen LogP contribution in [0, 0.1) is 6.92 Å². The molecule has 1 aromatic rings. The van der Waals surface area contributed by atoms with Crippen LogP contribution in [0.4, 0.5) is 4.79 Å². The molecule has 1 fully saturated rings. The third kappa shape index (κ3) is 3.59. The molecule has 0 aliphatic carbocycles. The van der Waals surface area contributed by atoms with Gasteiger partial charge in [-0.1, -0.05) is 29.8 Å². The zero-order chi connectivity index (χ0) is 13.1. The molecule has 0 spiro atoms. The van der Waals surface area contributed by atoms with Crippen molar-refractivity contribution in [2.24, 2.45) is 5.73 Å². The molecular formula is C13H15ClN2O2S. The van der Waals surface area contributed by atoms with Gasteiger partial charge in [0.25, 0.3) is 11.1 Å². The van der Waals surface area contributed by atoms with E-state index in [2.05, 4.69) is 0 Å². The van der Waals surface area contributed by atoms with E-state index in [0.717, 1.165) is 22.9 Å². The monoisotopic (exact) mass is 298 g/mol. The average Bonchev–Trinajstić information content (AvgIpc) is 2.60. The number of carbonyl (C=O) groups excluding carboxylic acids is 2. The standard InChI is InChI=1S/C13H14N2O2S.ClH/c1-9-2-4-10(5-3-9)8-11-12(16)15(7-6-14)13(17)18-11;/h2-5,8H,6-7,14H2,1H3;1H. The first-order chi connectivity index (χ1) is 8.61. The van der Waals surface area contributed by atoms with E-state index >= 15 is 0 Å². The number of thioether (sulfide) groups is 1. The van der Waals surface area contributed by atoms with Gasteiger partial charge in [-0.3, -0.25) is 14.5 Å². The van der Waals surface area contributed by atoms with Crippen molar-refractivity contribution in [3.8, 4) is 0 Å². The Morgan fingerprint density at radius 3 is 2.47 bits per heavy atom. The number of hydrogen-bond acceptors (Lipinski definition) is 4. The van der Waals surface area contributed by atoms with Crippen molar-refractivity contribution in [2.75, 3.05) is 13.1 Å². The summed E-state index contributed by atoms with van der Waals surface area (Å²) < 4.78 is 0. The molecule has 2 amide bonds. The molecule has 1 heterocycles. The Morgan fingerprint density at radius 1 is 1.26 bits per heavy atom. The molecule has 1 saturated heterocycles. The summed E-state index contributed by atoms with van der Waals surface area (Å²) in [6, 6.07) is 7.78. The highest BCUT2D eigenvalue weighted by molar-refractivity contribution is 8.18. The Morgan fingerprint density at radius 2 is 1.89 bits per heavy atom. The van der Waals surface area contributed by atoms with E-state index in [1.165, 1.54) is 4.90 Å². The molecular weight excluding hydrogens is 284 g/mol. The summed E-state index contributed by atoms with van der Waals surface area (Å²) >= 11 is 0.964. The van der Waals surface area contributed by atoms with E-state index in [0.29, 0.717) is 4.91 Å². The number of nitrogens with zero attached hydrogens (tertiary/aromatic N) is 1. The van der Waals surface area contributed by atoms with Gasteiger partial charge in [0.15, 0.2) is 0 Å². The van der Waals surface area contributed by atoms with E-state index in [-0.39, 0.29) is 36.6 Å². The van der Waals surface area contributed by atoms with Crippen LogP contribution >= 0.6 is 24.2 Å². The average molecular weight is 299 g/mol. The molecule has 0 aromatic heterocycles. The molecule has 0 atom stereocenters. The van der Waals surface area contributed by atoms with E-state index in [9.17, 15) is 9.59 Å². The fraction of sp³-hybridized carbons (Fsp3) is 0.231. The van der Waals surface area contributed by atoms with Crippen molar-refractivity contribution in [3.63, 3.8) is 0 Å². The first kappa shape index (κ1) is 15.8. The largest absolute Gasteiger partial charge is 0.329 e. The fourth-order valence-corrected chi connectivity index (χ4v) is 2.50. The normalized spacial score (nSPS) is 16.9. The first-order valence-corrected chi connectivity index (χ1v) is 6.45. The first-order valence-electron chi connectivity index (χ1n) is 5.64. The van der Waals surface area contributed by atoms with E-state index in [1.807, 2.05) is 31.2 Å². The Bertz CT molecular complexity index is 514. The Kier molecular flexibility index (Phi) is 5.60. The topological polar surface area (TPSA) is 63.4 Å². The molecule has 1 aliphatic rings. The van der Waals surface area contributed by atoms with E-state index in [4.69, 9.17) is 5.73 Å². The number of benzene rings is 1. The van der Waals surface area contributed by atoms with Crippen molar-refractivity contribution < 1.29 is 9.59 Å². The van der Waals surface area contributed by atoms with Crippen molar-refractivity contribution in [3.05, 3.63) is 40.3 Å². The van der Waals surface area contributed by atoms with Crippen molar-refractivity contribution in [2.45, 2.75) is 6.92 Å². The van der Waals surface area contributed by atoms with Crippen LogP contribution in [0.3, 0.4) is 0 Å². The van der Waals surface area contributed by atoms with Gasteiger partial charge in [-0.15, -0.1) is 12.4 Å². The van der Waals surface area contributed by atoms with Crippen LogP contribution in [-0.4, -0.2) is 29.1 Å². The number of rotatable bonds is 3. The smallest absolute Gasteiger partial charge is 0.293 e. The minimum atomic E-state index is -0.254. The molecule has 6 heteroatoms. The summed E-state index contributed by atoms with van der Waals surface area (Å²) in [5.41, 5.74) is 7.44. The van der Waals surface area contributed by atoms with Crippen molar-refractivity contribution in [1.82, 2.24) is 4.90 Å². The summed E-state index contributed by atoms with van der Waals surface area (Å²) in [7, 11) is 0. The van der Waals surface area contributed by atoms with Gasteiger partial charge in [0.05, 0.1) is 4.91 Å². The molecule has 0 bridgehead atoms. The number of halogens is 1. The third-order valence-electron chi connectivity index (χ3n) is 2.60. The lowest BCUT2D eigenvalue weighted by molar-refractivity contribution is -0.122. The summed E-state index contributed by atoms with van der Waals surface area (Å²) in [6.07, 6.45) is 1.74. The molecule has 1 aliphatic heterocycles. The summed E-state index contributed by atoms with van der Waals surface area (Å²) in [6.45, 7) is 2.56. The molecule has 2 rings (SSSR count). The number of aryl methyl sites for hydroxylation is 1. The van der Waals surface area contributed by atoms with Gasteiger partial charge in [-0.25, -0.2) is 0 Å². The number of imide groups is 1. The number of amides is 2. The molecule has 0 unspecified atom stereocenters. The van der Waals surface area contributed by atoms with Crippen LogP contribution in [0.15, 0.2) is 29.2 Å². The predicted molar refractivity (Wildman–Crippen MR) is 80.2 cm³/mol. The highest BCUT2D eigenvalue weighted by Crippen LogP contribution is 2.31. The molecule has 2 N–H and O–H groups in total. The van der Waals surface area contributed by atoms with Crippen LogP contribution in [-0.2, 0) is 4.79 Å². The SMILES string of the molecule is Cc1ccc(C=C2SC(=O)N(CCN)C2=O)cc1.Cl. The van der Waals surface area contributed by atoms with Gasteiger partial charge in [-0.2, -0.15) is 0 Å². The molecule has 0 radical (unpaired) electrons. The van der Waals surface area contributed by atoms with Gasteiger partial charge in [-0.05, 0) is 30.3 Å². The van der Waals surface area contributed by atoms with Gasteiger partial charge >= 0.3 is 0 Å². The van der Waals surface area contributed by atoms with E-state index in [1.54, 1.807) is 6.08 Å². The van der Waals surface area contributed by atoms with Crippen LogP contribution in [0.5, 0.6) is 0 Å². The predicted octanol–water partition coefficient (Wildman–Crippen LogP) is 2.41. The highest BCUT2D eigenvalue weighted by atomic mass is 35.5. The lowest BCUT2D eigenvalue weighted by atomic mass is 10.1. The Balaban J connectivity index is 0.00000180. The summed E-state index contributed by atoms with van der Waals surface area (Å²) in [5.74, 6) is -0.254. The Hall–Kier alpha value is -1.30. The third-order valence-corrected chi connectivity index (χ3v) is 3.51. The second-order valence-electron chi connectivity index (χ2n) is 4.03. The Labute approximate surface area is 122 Å². The van der Waals surface area contributed by atoms with Crippen molar-refractivity contribution >= 4 is 41.4 Å². The second-order valence-corrected chi connectivity index (χ2v) is 5.03. The summed E-state index contributed by atoms with van der Waals surface area (Å²) in [5, 5.41) is -0.246. The quantitative estimate of drug-likeness (QED) is 0.871. The minimum absolute atomic E-state index is 0. The van der Waals surface area contributed by atoms with Gasteiger partial charge < -0.3 is 5.73 Å². The maximum absolute atomic E-state index is 11.9. The maximum Gasteiger partial charge on any atom is 0.293 e. The zero-order valence-corrected chi connectivity index (χ0v) is 12.1. The molecule has 19 heavy (non-hydrogen) atoms. The summed E-state index contributed by atoms with van der Waals surface area (Å²) in [4.78, 5) is 25.2. The second kappa shape index (κ2) is 6.75. The van der Waals surface area contributed by atoms with Gasteiger partial charge in [0.1, 0.15) is 0 Å². The maximum atomic E-state index is 11.9. The van der Waals surface area contributed by atoms with Crippen LogP contribution in [0.25, 0.3) is 6.08 Å². The number of hydrogen-bond donors (Lipinski definition) is 1. The van der Waals surface area contributed by atoms with Crippen LogP contribution in [0.1, 0.15) is 11.1 Å². The fourth-order valence-electron chi connectivity index (χ4n) is 1.64. The highest BCUT2D eigenvalue weighted by Gasteiger charge is 2.34. The molecule has 1 aromatic carbocycles. The number of nitrogens with two attached hydrogens (primary N) is 1. The molecule has 0 saturated carbocycles. The van der Waals surface area contributed by atoms with Gasteiger partial charge in [0, 0.05) is 13.1 Å². The number of carbonyl (C=O) groups is 2. The molecule has 4 nitrogen and oxygen atoms in total. The zero-order valence-electron chi connectivity index (χ0n) is 10.5. The van der Waals surface area contributed by atoms with Crippen LogP contribution in [0.2, 0.25) is 0 Å². The molecule has 102 valence electrons. The lowest BCUT2D eigenvalue weighted by Gasteiger charge is -2.09. The van der Waals surface area contributed by atoms with E-state index < -0.39 is 0 Å². The lowest BCUT2D eigenvalue weighted by Crippen LogP contribution is -2.33. The van der Waals surface area contributed by atoms with Crippen molar-refractivity contribution in [1.29, 1.82) is 0 Å². The van der Waals surface area contributed by atoms with Crippen LogP contribution < -0.4 is 5.73 Å². The minimum Gasteiger partial charge on any atom is -0.329 e. The van der Waals surface area contributed by atoms with Gasteiger partial charge in [0.2, 0.25) is 0 Å².